The second-order valence-electron chi connectivity index (χ2n) is 3.50. The molecule has 0 unspecified atom stereocenters. The highest BCUT2D eigenvalue weighted by Crippen LogP contribution is 2.31. The number of hydrogen-bond acceptors (Lipinski definition) is 5. The van der Waals surface area contributed by atoms with E-state index in [1.807, 2.05) is 0 Å². The molecule has 1 aliphatic rings. The van der Waals surface area contributed by atoms with Gasteiger partial charge in [0.15, 0.2) is 11.5 Å². The van der Waals surface area contributed by atoms with E-state index >= 15 is 0 Å². The van der Waals surface area contributed by atoms with Gasteiger partial charge in [-0.15, -0.1) is 0 Å². The fourth-order valence-electron chi connectivity index (χ4n) is 1.29. The number of thioether (sulfide) groups is 1. The first-order valence-corrected chi connectivity index (χ1v) is 6.04. The van der Waals surface area contributed by atoms with Crippen LogP contribution in [0.3, 0.4) is 0 Å². The molecule has 1 aromatic heterocycles. The molecule has 1 amide bonds. The van der Waals surface area contributed by atoms with E-state index in [0.717, 1.165) is 0 Å². The quantitative estimate of drug-likeness (QED) is 0.467. The van der Waals surface area contributed by atoms with Crippen LogP contribution in [0.5, 0.6) is 0 Å². The van der Waals surface area contributed by atoms with Gasteiger partial charge < -0.3 is 4.42 Å². The molecule has 0 bridgehead atoms. The molecule has 0 spiro atoms. The molecule has 0 saturated carbocycles. The smallest absolute Gasteiger partial charge is 0.266 e. The molecule has 0 radical (unpaired) electrons. The van der Waals surface area contributed by atoms with Crippen LogP contribution in [0.1, 0.15) is 23.2 Å². The number of thiocarbonyl (C=S) groups is 1. The Balaban J connectivity index is 2.28. The summed E-state index contributed by atoms with van der Waals surface area (Å²) in [6, 6.07) is 3.24. The van der Waals surface area contributed by atoms with Gasteiger partial charge in [0.1, 0.15) is 10.1 Å². The molecule has 1 fully saturated rings. The molecule has 0 aromatic carbocycles. The van der Waals surface area contributed by atoms with Gasteiger partial charge in [-0.25, -0.2) is 0 Å². The monoisotopic (exact) mass is 267 g/mol. The highest BCUT2D eigenvalue weighted by Gasteiger charge is 2.28. The zero-order chi connectivity index (χ0) is 12.6. The largest absolute Gasteiger partial charge is 0.454 e. The van der Waals surface area contributed by atoms with Gasteiger partial charge >= 0.3 is 0 Å². The molecule has 0 N–H and O–H groups in total. The molecule has 2 heterocycles. The normalized spacial score (nSPS) is 18.2. The van der Waals surface area contributed by atoms with E-state index in [9.17, 15) is 9.59 Å². The number of carbonyl (C=O) groups is 2. The van der Waals surface area contributed by atoms with Crippen molar-refractivity contribution in [3.8, 4) is 0 Å². The molecule has 4 nitrogen and oxygen atoms in total. The van der Waals surface area contributed by atoms with E-state index in [1.165, 1.54) is 23.6 Å². The summed E-state index contributed by atoms with van der Waals surface area (Å²) >= 11 is 6.22. The van der Waals surface area contributed by atoms with Crippen molar-refractivity contribution in [2.45, 2.75) is 6.92 Å². The van der Waals surface area contributed by atoms with Gasteiger partial charge in [0.25, 0.3) is 5.91 Å². The van der Waals surface area contributed by atoms with Crippen molar-refractivity contribution in [1.82, 2.24) is 4.90 Å². The van der Waals surface area contributed by atoms with Gasteiger partial charge in [0, 0.05) is 20.0 Å². The van der Waals surface area contributed by atoms with Crippen molar-refractivity contribution in [1.29, 1.82) is 0 Å². The van der Waals surface area contributed by atoms with Gasteiger partial charge in [-0.1, -0.05) is 24.0 Å². The molecule has 2 rings (SSSR count). The molecular weight excluding hydrogens is 258 g/mol. The molecular formula is C11H9NO3S2. The van der Waals surface area contributed by atoms with Gasteiger partial charge in [-0.05, 0) is 12.1 Å². The highest BCUT2D eigenvalue weighted by atomic mass is 32.2. The SMILES string of the molecule is CC(=O)c1ccc(C=C2SC(=S)N(C)C2=O)o1. The minimum Gasteiger partial charge on any atom is -0.454 e. The fraction of sp³-hybridized carbons (Fsp3) is 0.182. The first kappa shape index (κ1) is 12.1. The molecule has 17 heavy (non-hydrogen) atoms. The maximum atomic E-state index is 11.7. The molecule has 0 atom stereocenters. The number of hydrogen-bond donors (Lipinski definition) is 0. The van der Waals surface area contributed by atoms with Crippen LogP contribution in [0.2, 0.25) is 0 Å². The maximum absolute atomic E-state index is 11.7. The predicted octanol–water partition coefficient (Wildman–Crippen LogP) is 2.31. The second kappa shape index (κ2) is 4.46. The Hall–Kier alpha value is -1.40. The summed E-state index contributed by atoms with van der Waals surface area (Å²) in [7, 11) is 1.63. The van der Waals surface area contributed by atoms with E-state index in [0.29, 0.717) is 15.0 Å². The molecule has 1 aliphatic heterocycles. The predicted molar refractivity (Wildman–Crippen MR) is 69.6 cm³/mol. The summed E-state index contributed by atoms with van der Waals surface area (Å²) < 4.78 is 5.79. The Morgan fingerprint density at radius 2 is 2.24 bits per heavy atom. The lowest BCUT2D eigenvalue weighted by Crippen LogP contribution is -2.22. The van der Waals surface area contributed by atoms with Crippen LogP contribution in [0, 0.1) is 0 Å². The first-order valence-electron chi connectivity index (χ1n) is 4.81. The lowest BCUT2D eigenvalue weighted by molar-refractivity contribution is -0.121. The highest BCUT2D eigenvalue weighted by molar-refractivity contribution is 8.26. The third-order valence-electron chi connectivity index (χ3n) is 2.23. The third-order valence-corrected chi connectivity index (χ3v) is 3.72. The average Bonchev–Trinajstić information content (AvgIpc) is 2.82. The van der Waals surface area contributed by atoms with E-state index < -0.39 is 0 Å². The average molecular weight is 267 g/mol. The number of furan rings is 1. The Labute approximate surface area is 108 Å². The molecule has 1 saturated heterocycles. The Kier molecular flexibility index (Phi) is 3.17. The summed E-state index contributed by atoms with van der Waals surface area (Å²) in [6.45, 7) is 1.42. The number of amides is 1. The van der Waals surface area contributed by atoms with Gasteiger partial charge in [0.05, 0.1) is 4.91 Å². The summed E-state index contributed by atoms with van der Waals surface area (Å²) in [5.41, 5.74) is 0. The minimum absolute atomic E-state index is 0.146. The summed E-state index contributed by atoms with van der Waals surface area (Å²) in [5.74, 6) is 0.459. The number of likely N-dealkylation sites (N-methyl/N-ethyl adjacent to an activating group) is 1. The Morgan fingerprint density at radius 1 is 1.53 bits per heavy atom. The minimum atomic E-state index is -0.152. The zero-order valence-corrected chi connectivity index (χ0v) is 10.9. The van der Waals surface area contributed by atoms with E-state index in [2.05, 4.69) is 0 Å². The van der Waals surface area contributed by atoms with Crippen LogP contribution in [-0.4, -0.2) is 28.0 Å². The zero-order valence-electron chi connectivity index (χ0n) is 9.22. The summed E-state index contributed by atoms with van der Waals surface area (Å²) in [6.07, 6.45) is 1.59. The lowest BCUT2D eigenvalue weighted by atomic mass is 10.3. The second-order valence-corrected chi connectivity index (χ2v) is 5.17. The van der Waals surface area contributed by atoms with Crippen LogP contribution in [0.15, 0.2) is 21.5 Å². The number of nitrogens with zero attached hydrogens (tertiary/aromatic N) is 1. The van der Waals surface area contributed by atoms with Crippen molar-refractivity contribution in [2.24, 2.45) is 0 Å². The van der Waals surface area contributed by atoms with Crippen molar-refractivity contribution < 1.29 is 14.0 Å². The molecule has 1 aromatic rings. The van der Waals surface area contributed by atoms with Gasteiger partial charge in [-0.3, -0.25) is 14.5 Å². The van der Waals surface area contributed by atoms with Gasteiger partial charge in [-0.2, -0.15) is 0 Å². The first-order chi connectivity index (χ1) is 7.99. The number of ketones is 1. The Morgan fingerprint density at radius 3 is 2.71 bits per heavy atom. The molecule has 88 valence electrons. The third kappa shape index (κ3) is 2.32. The van der Waals surface area contributed by atoms with Gasteiger partial charge in [0.2, 0.25) is 0 Å². The maximum Gasteiger partial charge on any atom is 0.266 e. The molecule has 6 heteroatoms. The van der Waals surface area contributed by atoms with Crippen molar-refractivity contribution in [3.05, 3.63) is 28.6 Å². The van der Waals surface area contributed by atoms with Crippen LogP contribution in [0.4, 0.5) is 0 Å². The number of carbonyl (C=O) groups excluding carboxylic acids is 2. The van der Waals surface area contributed by atoms with Crippen LogP contribution in [-0.2, 0) is 4.79 Å². The van der Waals surface area contributed by atoms with Crippen molar-refractivity contribution >= 4 is 46.1 Å². The topological polar surface area (TPSA) is 50.5 Å². The van der Waals surface area contributed by atoms with Crippen LogP contribution < -0.4 is 0 Å². The van der Waals surface area contributed by atoms with E-state index in [1.54, 1.807) is 25.3 Å². The number of Topliss-reactive ketones (excluding diaryl/α,β-unsaturated/α-hetero) is 1. The van der Waals surface area contributed by atoms with Crippen LogP contribution >= 0.6 is 24.0 Å². The number of rotatable bonds is 2. The lowest BCUT2D eigenvalue weighted by Gasteiger charge is -2.03. The summed E-state index contributed by atoms with van der Waals surface area (Å²) in [5, 5.41) is 0. The standard InChI is InChI=1S/C11H9NO3S2/c1-6(13)8-4-3-7(15-8)5-9-10(14)12(2)11(16)17-9/h3-5H,1-2H3. The van der Waals surface area contributed by atoms with Crippen molar-refractivity contribution in [2.75, 3.05) is 7.05 Å². The fourth-order valence-corrected chi connectivity index (χ4v) is 2.45. The van der Waals surface area contributed by atoms with Crippen LogP contribution in [0.25, 0.3) is 6.08 Å². The van der Waals surface area contributed by atoms with E-state index in [4.69, 9.17) is 16.6 Å². The van der Waals surface area contributed by atoms with Crippen molar-refractivity contribution in [3.63, 3.8) is 0 Å². The van der Waals surface area contributed by atoms with E-state index in [-0.39, 0.29) is 17.5 Å². The summed E-state index contributed by atoms with van der Waals surface area (Å²) in [4.78, 5) is 24.7. The molecule has 0 aliphatic carbocycles. The Bertz CT molecular complexity index is 545.